The van der Waals surface area contributed by atoms with Crippen molar-refractivity contribution in [2.45, 2.75) is 38.1 Å². The topological polar surface area (TPSA) is 32.3 Å². The maximum Gasteiger partial charge on any atom is 0.220 e. The summed E-state index contributed by atoms with van der Waals surface area (Å²) in [7, 11) is 0. The lowest BCUT2D eigenvalue weighted by atomic mass is 10.0. The van der Waals surface area contributed by atoms with E-state index >= 15 is 0 Å². The van der Waals surface area contributed by atoms with Crippen LogP contribution in [0.1, 0.15) is 43.0 Å². The third-order valence-corrected chi connectivity index (χ3v) is 5.48. The van der Waals surface area contributed by atoms with Crippen LogP contribution in [0.25, 0.3) is 0 Å². The highest BCUT2D eigenvalue weighted by Crippen LogP contribution is 2.28. The van der Waals surface area contributed by atoms with Crippen LogP contribution in [0.2, 0.25) is 0 Å². The molecular weight excluding hydrogens is 280 g/mol. The van der Waals surface area contributed by atoms with Gasteiger partial charge in [0.05, 0.1) is 6.04 Å². The maximum atomic E-state index is 12.1. The van der Waals surface area contributed by atoms with Gasteiger partial charge in [-0.2, -0.15) is 0 Å². The fraction of sp³-hybridized carbons (Fsp3) is 0.588. The van der Waals surface area contributed by atoms with Crippen molar-refractivity contribution < 1.29 is 4.79 Å². The number of nitrogens with zero attached hydrogens (tertiary/aromatic N) is 1. The lowest BCUT2D eigenvalue weighted by Gasteiger charge is -2.27. The van der Waals surface area contributed by atoms with Gasteiger partial charge in [0.2, 0.25) is 5.91 Å². The number of rotatable bonds is 6. The molecule has 1 fully saturated rings. The molecule has 1 N–H and O–H groups in total. The number of thiophene rings is 1. The van der Waals surface area contributed by atoms with Crippen LogP contribution in [0, 0.1) is 5.92 Å². The number of amides is 1. The first-order valence-electron chi connectivity index (χ1n) is 8.04. The lowest BCUT2D eigenvalue weighted by Crippen LogP contribution is -2.36. The largest absolute Gasteiger partial charge is 0.354 e. The summed E-state index contributed by atoms with van der Waals surface area (Å²) < 4.78 is 0. The molecule has 1 saturated heterocycles. The summed E-state index contributed by atoms with van der Waals surface area (Å²) in [5.74, 6) is 0.657. The molecule has 1 amide bonds. The van der Waals surface area contributed by atoms with Crippen LogP contribution < -0.4 is 5.32 Å². The molecule has 0 radical (unpaired) electrons. The predicted octanol–water partition coefficient (Wildman–Crippen LogP) is 3.36. The van der Waals surface area contributed by atoms with Gasteiger partial charge in [0.1, 0.15) is 0 Å². The Kier molecular flexibility index (Phi) is 5.09. The highest BCUT2D eigenvalue weighted by atomic mass is 32.1. The third kappa shape index (κ3) is 3.95. The molecular formula is C17H24N2OS. The van der Waals surface area contributed by atoms with Crippen molar-refractivity contribution in [3.8, 4) is 0 Å². The second kappa shape index (κ2) is 7.23. The number of hydrogen-bond donors (Lipinski definition) is 1. The molecule has 4 heteroatoms. The van der Waals surface area contributed by atoms with E-state index in [1.165, 1.54) is 17.7 Å². The summed E-state index contributed by atoms with van der Waals surface area (Å²) in [6, 6.07) is 4.66. The standard InChI is InChI=1S/C17H24N2OS/c20-17(12-14-6-1-2-7-14)18-13-15(16-8-5-11-21-16)19-9-3-4-10-19/h1,5-6,8,11,14-15H,2-4,7,9-10,12-13H2,(H,18,20). The molecule has 0 saturated carbocycles. The van der Waals surface area contributed by atoms with Crippen LogP contribution in [0.15, 0.2) is 29.7 Å². The Balaban J connectivity index is 1.54. The third-order valence-electron chi connectivity index (χ3n) is 4.51. The number of allylic oxidation sites excluding steroid dienone is 2. The average Bonchev–Trinajstić information content (AvgIpc) is 3.23. The van der Waals surface area contributed by atoms with Gasteiger partial charge in [0.25, 0.3) is 0 Å². The summed E-state index contributed by atoms with van der Waals surface area (Å²) in [5.41, 5.74) is 0. The zero-order valence-electron chi connectivity index (χ0n) is 12.5. The minimum absolute atomic E-state index is 0.201. The molecule has 1 aromatic rings. The molecule has 2 heterocycles. The van der Waals surface area contributed by atoms with Gasteiger partial charge in [0, 0.05) is 17.8 Å². The molecule has 1 aliphatic heterocycles. The maximum absolute atomic E-state index is 12.1. The van der Waals surface area contributed by atoms with Gasteiger partial charge in [-0.25, -0.2) is 0 Å². The number of carbonyl (C=O) groups excluding carboxylic acids is 1. The first kappa shape index (κ1) is 14.8. The molecule has 3 rings (SSSR count). The van der Waals surface area contributed by atoms with Gasteiger partial charge in [0.15, 0.2) is 0 Å². The summed E-state index contributed by atoms with van der Waals surface area (Å²) >= 11 is 1.80. The Morgan fingerprint density at radius 3 is 2.95 bits per heavy atom. The summed E-state index contributed by atoms with van der Waals surface area (Å²) in [6.45, 7) is 3.06. The van der Waals surface area contributed by atoms with E-state index in [0.29, 0.717) is 18.4 Å². The molecule has 1 aromatic heterocycles. The molecule has 21 heavy (non-hydrogen) atoms. The molecule has 0 spiro atoms. The monoisotopic (exact) mass is 304 g/mol. The van der Waals surface area contributed by atoms with Crippen LogP contribution in [0.3, 0.4) is 0 Å². The van der Waals surface area contributed by atoms with E-state index < -0.39 is 0 Å². The van der Waals surface area contributed by atoms with E-state index in [-0.39, 0.29) is 5.91 Å². The zero-order valence-corrected chi connectivity index (χ0v) is 13.3. The van der Waals surface area contributed by atoms with Gasteiger partial charge < -0.3 is 5.32 Å². The number of carbonyl (C=O) groups is 1. The molecule has 114 valence electrons. The van der Waals surface area contributed by atoms with Gasteiger partial charge >= 0.3 is 0 Å². The Hall–Kier alpha value is -1.13. The summed E-state index contributed by atoms with van der Waals surface area (Å²) in [5, 5.41) is 5.30. The van der Waals surface area contributed by atoms with E-state index in [2.05, 4.69) is 39.9 Å². The van der Waals surface area contributed by atoms with Crippen LogP contribution in [0.5, 0.6) is 0 Å². The van der Waals surface area contributed by atoms with Crippen molar-refractivity contribution in [3.05, 3.63) is 34.5 Å². The Morgan fingerprint density at radius 1 is 1.43 bits per heavy atom. The number of hydrogen-bond acceptors (Lipinski definition) is 3. The van der Waals surface area contributed by atoms with Gasteiger partial charge in [-0.1, -0.05) is 18.2 Å². The van der Waals surface area contributed by atoms with Gasteiger partial charge in [-0.3, -0.25) is 9.69 Å². The Morgan fingerprint density at radius 2 is 2.29 bits per heavy atom. The van der Waals surface area contributed by atoms with Crippen molar-refractivity contribution in [2.24, 2.45) is 5.92 Å². The van der Waals surface area contributed by atoms with Crippen LogP contribution in [-0.4, -0.2) is 30.4 Å². The zero-order chi connectivity index (χ0) is 14.5. The van der Waals surface area contributed by atoms with Crippen molar-refractivity contribution >= 4 is 17.2 Å². The fourth-order valence-electron chi connectivity index (χ4n) is 3.33. The molecule has 2 atom stereocenters. The molecule has 2 aliphatic rings. The molecule has 3 nitrogen and oxygen atoms in total. The van der Waals surface area contributed by atoms with Gasteiger partial charge in [-0.15, -0.1) is 11.3 Å². The SMILES string of the molecule is O=C(CC1C=CCC1)NCC(c1cccs1)N1CCCC1. The second-order valence-corrected chi connectivity index (χ2v) is 7.03. The Labute approximate surface area is 131 Å². The molecule has 1 aliphatic carbocycles. The van der Waals surface area contributed by atoms with E-state index in [1.54, 1.807) is 11.3 Å². The summed E-state index contributed by atoms with van der Waals surface area (Å²) in [4.78, 5) is 16.0. The Bertz CT molecular complexity index is 477. The van der Waals surface area contributed by atoms with E-state index in [4.69, 9.17) is 0 Å². The summed E-state index contributed by atoms with van der Waals surface area (Å²) in [6.07, 6.45) is 9.85. The van der Waals surface area contributed by atoms with Crippen LogP contribution in [0.4, 0.5) is 0 Å². The number of likely N-dealkylation sites (tertiary alicyclic amines) is 1. The first-order valence-corrected chi connectivity index (χ1v) is 8.92. The van der Waals surface area contributed by atoms with Crippen molar-refractivity contribution in [2.75, 3.05) is 19.6 Å². The van der Waals surface area contributed by atoms with Crippen molar-refractivity contribution in [1.82, 2.24) is 10.2 Å². The van der Waals surface area contributed by atoms with E-state index in [1.807, 2.05) is 0 Å². The molecule has 0 bridgehead atoms. The highest BCUT2D eigenvalue weighted by molar-refractivity contribution is 7.10. The minimum atomic E-state index is 0.201. The van der Waals surface area contributed by atoms with Gasteiger partial charge in [-0.05, 0) is 56.1 Å². The number of nitrogens with one attached hydrogen (secondary N) is 1. The normalized spacial score (nSPS) is 23.5. The predicted molar refractivity (Wildman–Crippen MR) is 87.4 cm³/mol. The molecule has 2 unspecified atom stereocenters. The first-order chi connectivity index (χ1) is 10.3. The quantitative estimate of drug-likeness (QED) is 0.817. The fourth-order valence-corrected chi connectivity index (χ4v) is 4.19. The second-order valence-electron chi connectivity index (χ2n) is 6.05. The van der Waals surface area contributed by atoms with E-state index in [0.717, 1.165) is 32.5 Å². The van der Waals surface area contributed by atoms with E-state index in [9.17, 15) is 4.79 Å². The molecule has 0 aromatic carbocycles. The van der Waals surface area contributed by atoms with Crippen molar-refractivity contribution in [1.29, 1.82) is 0 Å². The smallest absolute Gasteiger partial charge is 0.220 e. The van der Waals surface area contributed by atoms with Crippen LogP contribution >= 0.6 is 11.3 Å². The highest BCUT2D eigenvalue weighted by Gasteiger charge is 2.25. The lowest BCUT2D eigenvalue weighted by molar-refractivity contribution is -0.121. The average molecular weight is 304 g/mol. The minimum Gasteiger partial charge on any atom is -0.354 e. The van der Waals surface area contributed by atoms with Crippen LogP contribution in [-0.2, 0) is 4.79 Å². The van der Waals surface area contributed by atoms with Crippen molar-refractivity contribution in [3.63, 3.8) is 0 Å².